The van der Waals surface area contributed by atoms with E-state index in [-0.39, 0.29) is 0 Å². The Morgan fingerprint density at radius 2 is 1.90 bits per heavy atom. The summed E-state index contributed by atoms with van der Waals surface area (Å²) < 4.78 is 37.2. The molecular formula is C15H19F3N2S. The molecule has 1 atom stereocenters. The van der Waals surface area contributed by atoms with E-state index < -0.39 is 11.9 Å². The Labute approximate surface area is 127 Å². The van der Waals surface area contributed by atoms with Crippen LogP contribution in [0.2, 0.25) is 0 Å². The molecule has 0 amide bonds. The topological polar surface area (TPSA) is 15.3 Å². The number of halogens is 3. The van der Waals surface area contributed by atoms with Gasteiger partial charge < -0.3 is 10.2 Å². The number of para-hydroxylation sites is 1. The van der Waals surface area contributed by atoms with Crippen LogP contribution < -0.4 is 5.32 Å². The van der Waals surface area contributed by atoms with Crippen LogP contribution in [0.4, 0.5) is 18.9 Å². The molecule has 1 N–H and O–H groups in total. The largest absolute Gasteiger partial charge is 0.398 e. The first kappa shape index (κ1) is 15.0. The molecule has 1 aromatic carbocycles. The fourth-order valence-corrected chi connectivity index (χ4v) is 3.98. The van der Waals surface area contributed by atoms with Crippen LogP contribution in [0.5, 0.6) is 0 Å². The van der Waals surface area contributed by atoms with Crippen molar-refractivity contribution in [3.8, 4) is 0 Å². The van der Waals surface area contributed by atoms with Gasteiger partial charge in [-0.05, 0) is 44.0 Å². The van der Waals surface area contributed by atoms with Gasteiger partial charge in [-0.15, -0.1) is 11.8 Å². The Hall–Kier alpha value is -0.880. The third-order valence-electron chi connectivity index (χ3n) is 4.28. The van der Waals surface area contributed by atoms with E-state index in [2.05, 4.69) is 10.2 Å². The maximum Gasteiger partial charge on any atom is 0.398 e. The van der Waals surface area contributed by atoms with Gasteiger partial charge in [0.25, 0.3) is 0 Å². The standard InChI is InChI=1S/C15H19F3N2S/c16-15(17,18)10-21-14-4-2-1-3-12(14)19-13-9-20-7-5-11(13)6-8-20/h1-4,11,13,19H,5-10H2. The Kier molecular flexibility index (Phi) is 4.36. The van der Waals surface area contributed by atoms with Crippen molar-refractivity contribution in [2.75, 3.05) is 30.7 Å². The second kappa shape index (κ2) is 6.08. The molecule has 1 aromatic rings. The number of fused-ring (bicyclic) bond motifs is 3. The number of piperidine rings is 3. The number of alkyl halides is 3. The van der Waals surface area contributed by atoms with Gasteiger partial charge in [-0.2, -0.15) is 13.2 Å². The minimum Gasteiger partial charge on any atom is -0.380 e. The summed E-state index contributed by atoms with van der Waals surface area (Å²) in [7, 11) is 0. The van der Waals surface area contributed by atoms with E-state index in [1.807, 2.05) is 12.1 Å². The van der Waals surface area contributed by atoms with E-state index in [9.17, 15) is 13.2 Å². The van der Waals surface area contributed by atoms with Crippen LogP contribution in [0.25, 0.3) is 0 Å². The highest BCUT2D eigenvalue weighted by Gasteiger charge is 2.34. The molecule has 3 heterocycles. The number of rotatable bonds is 4. The zero-order chi connectivity index (χ0) is 14.9. The van der Waals surface area contributed by atoms with Gasteiger partial charge >= 0.3 is 6.18 Å². The van der Waals surface area contributed by atoms with Crippen molar-refractivity contribution in [1.82, 2.24) is 4.90 Å². The number of nitrogens with zero attached hydrogens (tertiary/aromatic N) is 1. The first-order chi connectivity index (χ1) is 10.0. The minimum absolute atomic E-state index is 0.361. The van der Waals surface area contributed by atoms with Crippen LogP contribution in [-0.4, -0.2) is 42.5 Å². The van der Waals surface area contributed by atoms with E-state index in [1.54, 1.807) is 12.1 Å². The molecule has 2 bridgehead atoms. The van der Waals surface area contributed by atoms with E-state index in [1.165, 1.54) is 12.8 Å². The maximum atomic E-state index is 12.4. The van der Waals surface area contributed by atoms with Crippen LogP contribution in [0.15, 0.2) is 29.2 Å². The summed E-state index contributed by atoms with van der Waals surface area (Å²) in [4.78, 5) is 3.12. The number of anilines is 1. The smallest absolute Gasteiger partial charge is 0.380 e. The first-order valence-corrected chi connectivity index (χ1v) is 8.27. The molecule has 3 aliphatic rings. The van der Waals surface area contributed by atoms with E-state index in [0.29, 0.717) is 16.9 Å². The maximum absolute atomic E-state index is 12.4. The molecule has 0 radical (unpaired) electrons. The highest BCUT2D eigenvalue weighted by atomic mass is 32.2. The van der Waals surface area contributed by atoms with Crippen LogP contribution in [-0.2, 0) is 0 Å². The number of nitrogens with one attached hydrogen (secondary N) is 1. The molecule has 116 valence electrons. The average molecular weight is 316 g/mol. The summed E-state index contributed by atoms with van der Waals surface area (Å²) in [5.41, 5.74) is 0.838. The zero-order valence-corrected chi connectivity index (χ0v) is 12.5. The normalized spacial score (nSPS) is 28.6. The number of thioether (sulfide) groups is 1. The van der Waals surface area contributed by atoms with Gasteiger partial charge in [0.05, 0.1) is 5.75 Å². The lowest BCUT2D eigenvalue weighted by atomic mass is 9.84. The lowest BCUT2D eigenvalue weighted by Crippen LogP contribution is -2.53. The van der Waals surface area contributed by atoms with Crippen molar-refractivity contribution in [2.45, 2.75) is 30.0 Å². The fourth-order valence-electron chi connectivity index (χ4n) is 3.20. The molecule has 0 spiro atoms. The molecule has 0 saturated carbocycles. The van der Waals surface area contributed by atoms with Gasteiger partial charge in [0.1, 0.15) is 0 Å². The van der Waals surface area contributed by atoms with Crippen LogP contribution >= 0.6 is 11.8 Å². The summed E-state index contributed by atoms with van der Waals surface area (Å²) in [6, 6.07) is 7.68. The highest BCUT2D eigenvalue weighted by molar-refractivity contribution is 7.99. The Morgan fingerprint density at radius 3 is 2.52 bits per heavy atom. The minimum atomic E-state index is -4.13. The molecule has 0 aromatic heterocycles. The van der Waals surface area contributed by atoms with Gasteiger partial charge in [0, 0.05) is 23.2 Å². The monoisotopic (exact) mass is 316 g/mol. The molecule has 3 aliphatic heterocycles. The molecule has 21 heavy (non-hydrogen) atoms. The summed E-state index contributed by atoms with van der Waals surface area (Å²) >= 11 is 0.862. The van der Waals surface area contributed by atoms with Gasteiger partial charge in [0.15, 0.2) is 0 Å². The fraction of sp³-hybridized carbons (Fsp3) is 0.600. The van der Waals surface area contributed by atoms with E-state index >= 15 is 0 Å². The summed E-state index contributed by atoms with van der Waals surface area (Å²) in [5, 5.41) is 3.49. The Morgan fingerprint density at radius 1 is 1.19 bits per heavy atom. The van der Waals surface area contributed by atoms with Crippen molar-refractivity contribution >= 4 is 17.4 Å². The highest BCUT2D eigenvalue weighted by Crippen LogP contribution is 2.35. The third kappa shape index (κ3) is 3.86. The van der Waals surface area contributed by atoms with Crippen molar-refractivity contribution in [2.24, 2.45) is 5.92 Å². The third-order valence-corrected chi connectivity index (χ3v) is 5.41. The van der Waals surface area contributed by atoms with Crippen LogP contribution in [0, 0.1) is 5.92 Å². The van der Waals surface area contributed by atoms with Crippen molar-refractivity contribution in [3.05, 3.63) is 24.3 Å². The molecule has 3 fully saturated rings. The van der Waals surface area contributed by atoms with Crippen molar-refractivity contribution in [1.29, 1.82) is 0 Å². The molecular weight excluding hydrogens is 297 g/mol. The summed E-state index contributed by atoms with van der Waals surface area (Å²) in [5.74, 6) is -0.193. The van der Waals surface area contributed by atoms with Gasteiger partial charge in [0.2, 0.25) is 0 Å². The second-order valence-corrected chi connectivity index (χ2v) is 6.81. The first-order valence-electron chi connectivity index (χ1n) is 7.29. The van der Waals surface area contributed by atoms with E-state index in [4.69, 9.17) is 0 Å². The number of hydrogen-bond donors (Lipinski definition) is 1. The van der Waals surface area contributed by atoms with Crippen LogP contribution in [0.3, 0.4) is 0 Å². The molecule has 0 aliphatic carbocycles. The quantitative estimate of drug-likeness (QED) is 0.850. The van der Waals surface area contributed by atoms with E-state index in [0.717, 1.165) is 37.1 Å². The SMILES string of the molecule is FC(F)(F)CSc1ccccc1NC1CN2CCC1CC2. The van der Waals surface area contributed by atoms with Crippen molar-refractivity contribution < 1.29 is 13.2 Å². The number of benzene rings is 1. The molecule has 3 saturated heterocycles. The second-order valence-electron chi connectivity index (χ2n) is 5.79. The lowest BCUT2D eigenvalue weighted by molar-refractivity contribution is -0.105. The average Bonchev–Trinajstić information content (AvgIpc) is 2.47. The Balaban J connectivity index is 1.67. The van der Waals surface area contributed by atoms with Gasteiger partial charge in [-0.25, -0.2) is 0 Å². The Bertz CT molecular complexity index is 484. The van der Waals surface area contributed by atoms with Gasteiger partial charge in [-0.3, -0.25) is 0 Å². The summed E-state index contributed by atoms with van der Waals surface area (Å²) in [6.45, 7) is 3.32. The molecule has 2 nitrogen and oxygen atoms in total. The zero-order valence-electron chi connectivity index (χ0n) is 11.7. The predicted molar refractivity (Wildman–Crippen MR) is 79.8 cm³/mol. The molecule has 1 unspecified atom stereocenters. The lowest BCUT2D eigenvalue weighted by Gasteiger charge is -2.45. The molecule has 6 heteroatoms. The van der Waals surface area contributed by atoms with Crippen LogP contribution in [0.1, 0.15) is 12.8 Å². The number of hydrogen-bond acceptors (Lipinski definition) is 3. The molecule has 4 rings (SSSR count). The van der Waals surface area contributed by atoms with Crippen molar-refractivity contribution in [3.63, 3.8) is 0 Å². The predicted octanol–water partition coefficient (Wildman–Crippen LogP) is 3.85. The van der Waals surface area contributed by atoms with Gasteiger partial charge in [-0.1, -0.05) is 12.1 Å². The summed E-state index contributed by atoms with van der Waals surface area (Å²) in [6.07, 6.45) is -1.75.